The second-order valence-corrected chi connectivity index (χ2v) is 4.75. The van der Waals surface area contributed by atoms with Crippen LogP contribution in [0.25, 0.3) is 0 Å². The van der Waals surface area contributed by atoms with Crippen LogP contribution < -0.4 is 10.6 Å². The molecule has 0 aliphatic carbocycles. The van der Waals surface area contributed by atoms with Gasteiger partial charge in [-0.2, -0.15) is 0 Å². The summed E-state index contributed by atoms with van der Waals surface area (Å²) in [6.07, 6.45) is 0.350. The summed E-state index contributed by atoms with van der Waals surface area (Å²) in [5.74, 6) is -0.587. The van der Waals surface area contributed by atoms with Crippen molar-refractivity contribution in [1.82, 2.24) is 5.32 Å². The fraction of sp³-hybridized carbons (Fsp3) is 0.467. The molecule has 0 radical (unpaired) electrons. The molecule has 0 spiro atoms. The van der Waals surface area contributed by atoms with Crippen LogP contribution >= 0.6 is 0 Å². The molecule has 5 nitrogen and oxygen atoms in total. The van der Waals surface area contributed by atoms with Gasteiger partial charge in [0.2, 0.25) is 5.91 Å². The molecule has 2 N–H and O–H groups in total. The summed E-state index contributed by atoms with van der Waals surface area (Å²) in [4.78, 5) is 23.6. The summed E-state index contributed by atoms with van der Waals surface area (Å²) in [7, 11) is 1.32. The van der Waals surface area contributed by atoms with E-state index >= 15 is 0 Å². The summed E-state index contributed by atoms with van der Waals surface area (Å²) in [6.45, 7) is 6.63. The molecule has 5 heteroatoms. The van der Waals surface area contributed by atoms with E-state index in [9.17, 15) is 9.59 Å². The van der Waals surface area contributed by atoms with Crippen LogP contribution in [0.2, 0.25) is 0 Å². The van der Waals surface area contributed by atoms with E-state index in [2.05, 4.69) is 10.6 Å². The molecule has 1 atom stereocenters. The number of carbonyl (C=O) groups excluding carboxylic acids is 2. The summed E-state index contributed by atoms with van der Waals surface area (Å²) >= 11 is 0. The molecule has 0 aliphatic heterocycles. The van der Waals surface area contributed by atoms with Gasteiger partial charge in [0.05, 0.1) is 18.4 Å². The average molecular weight is 278 g/mol. The fourth-order valence-electron chi connectivity index (χ4n) is 1.95. The number of methoxy groups -OCH3 is 1. The highest BCUT2D eigenvalue weighted by Crippen LogP contribution is 2.18. The standard InChI is InChI=1S/C15H22N2O3/c1-5-16-11(3)9-14(18)17-13-7-6-10(2)8-12(13)15(19)20-4/h6-8,11,16H,5,9H2,1-4H3,(H,17,18). The van der Waals surface area contributed by atoms with E-state index in [1.807, 2.05) is 26.8 Å². The number of carbonyl (C=O) groups is 2. The second-order valence-electron chi connectivity index (χ2n) is 4.75. The molecule has 110 valence electrons. The normalized spacial score (nSPS) is 11.8. The van der Waals surface area contributed by atoms with E-state index in [1.54, 1.807) is 12.1 Å². The zero-order chi connectivity index (χ0) is 15.1. The first-order valence-corrected chi connectivity index (χ1v) is 6.70. The van der Waals surface area contributed by atoms with Crippen molar-refractivity contribution in [2.24, 2.45) is 0 Å². The maximum absolute atomic E-state index is 11.9. The van der Waals surface area contributed by atoms with Crippen molar-refractivity contribution in [2.75, 3.05) is 19.0 Å². The van der Waals surface area contributed by atoms with E-state index in [1.165, 1.54) is 7.11 Å². The lowest BCUT2D eigenvalue weighted by Crippen LogP contribution is -2.30. The topological polar surface area (TPSA) is 67.4 Å². The van der Waals surface area contributed by atoms with Crippen LogP contribution in [-0.2, 0) is 9.53 Å². The third kappa shape index (κ3) is 4.66. The van der Waals surface area contributed by atoms with Gasteiger partial charge < -0.3 is 15.4 Å². The quantitative estimate of drug-likeness (QED) is 0.782. The summed E-state index contributed by atoms with van der Waals surface area (Å²) in [5.41, 5.74) is 1.79. The SMILES string of the molecule is CCNC(C)CC(=O)Nc1ccc(C)cc1C(=O)OC. The van der Waals surface area contributed by atoms with Crippen molar-refractivity contribution in [3.8, 4) is 0 Å². The minimum atomic E-state index is -0.455. The number of benzene rings is 1. The molecule has 0 fully saturated rings. The number of rotatable bonds is 6. The molecule has 1 unspecified atom stereocenters. The van der Waals surface area contributed by atoms with Crippen molar-refractivity contribution in [1.29, 1.82) is 0 Å². The van der Waals surface area contributed by atoms with Gasteiger partial charge in [-0.1, -0.05) is 18.6 Å². The van der Waals surface area contributed by atoms with Crippen LogP contribution in [0.1, 0.15) is 36.2 Å². The highest BCUT2D eigenvalue weighted by Gasteiger charge is 2.15. The van der Waals surface area contributed by atoms with Crippen LogP contribution in [0.5, 0.6) is 0 Å². The van der Waals surface area contributed by atoms with Gasteiger partial charge in [-0.05, 0) is 32.5 Å². The molecule has 1 aromatic rings. The number of aryl methyl sites for hydroxylation is 1. The first-order chi connectivity index (χ1) is 9.47. The molecule has 0 bridgehead atoms. The average Bonchev–Trinajstić information content (AvgIpc) is 2.40. The van der Waals surface area contributed by atoms with Crippen LogP contribution in [0, 0.1) is 6.92 Å². The third-order valence-electron chi connectivity index (χ3n) is 2.90. The van der Waals surface area contributed by atoms with Crippen LogP contribution in [0.3, 0.4) is 0 Å². The Labute approximate surface area is 119 Å². The van der Waals surface area contributed by atoms with Gasteiger partial charge in [0.15, 0.2) is 0 Å². The molecule has 1 rings (SSSR count). The predicted octanol–water partition coefficient (Wildman–Crippen LogP) is 2.11. The van der Waals surface area contributed by atoms with Crippen LogP contribution in [0.15, 0.2) is 18.2 Å². The monoisotopic (exact) mass is 278 g/mol. The Morgan fingerprint density at radius 3 is 2.65 bits per heavy atom. The highest BCUT2D eigenvalue weighted by atomic mass is 16.5. The Morgan fingerprint density at radius 2 is 2.05 bits per heavy atom. The summed E-state index contributed by atoms with van der Waals surface area (Å²) < 4.78 is 4.73. The fourth-order valence-corrected chi connectivity index (χ4v) is 1.95. The Morgan fingerprint density at radius 1 is 1.35 bits per heavy atom. The van der Waals surface area contributed by atoms with E-state index in [0.29, 0.717) is 17.7 Å². The number of nitrogens with one attached hydrogen (secondary N) is 2. The number of amides is 1. The maximum Gasteiger partial charge on any atom is 0.339 e. The van der Waals surface area contributed by atoms with E-state index in [-0.39, 0.29) is 11.9 Å². The largest absolute Gasteiger partial charge is 0.465 e. The van der Waals surface area contributed by atoms with Gasteiger partial charge in [0.1, 0.15) is 0 Å². The Hall–Kier alpha value is -1.88. The lowest BCUT2D eigenvalue weighted by atomic mass is 10.1. The van der Waals surface area contributed by atoms with Crippen molar-refractivity contribution >= 4 is 17.6 Å². The molecule has 0 aromatic heterocycles. The minimum Gasteiger partial charge on any atom is -0.465 e. The summed E-state index contributed by atoms with van der Waals surface area (Å²) in [5, 5.41) is 5.93. The first-order valence-electron chi connectivity index (χ1n) is 6.70. The van der Waals surface area contributed by atoms with Gasteiger partial charge in [-0.3, -0.25) is 4.79 Å². The zero-order valence-electron chi connectivity index (χ0n) is 12.4. The highest BCUT2D eigenvalue weighted by molar-refractivity contribution is 6.01. The number of anilines is 1. The third-order valence-corrected chi connectivity index (χ3v) is 2.90. The predicted molar refractivity (Wildman–Crippen MR) is 78.9 cm³/mol. The molecule has 1 amide bonds. The molecule has 20 heavy (non-hydrogen) atoms. The van der Waals surface area contributed by atoms with Gasteiger partial charge >= 0.3 is 5.97 Å². The lowest BCUT2D eigenvalue weighted by molar-refractivity contribution is -0.116. The van der Waals surface area contributed by atoms with Gasteiger partial charge in [0, 0.05) is 12.5 Å². The molecule has 0 aliphatic rings. The number of hydrogen-bond donors (Lipinski definition) is 2. The van der Waals surface area contributed by atoms with Crippen LogP contribution in [0.4, 0.5) is 5.69 Å². The second kappa shape index (κ2) is 7.65. The molecule has 0 saturated heterocycles. The van der Waals surface area contributed by atoms with E-state index < -0.39 is 5.97 Å². The summed E-state index contributed by atoms with van der Waals surface area (Å²) in [6, 6.07) is 5.36. The molecular formula is C15H22N2O3. The Bertz CT molecular complexity index is 486. The number of esters is 1. The zero-order valence-corrected chi connectivity index (χ0v) is 12.4. The Kier molecular flexibility index (Phi) is 6.18. The van der Waals surface area contributed by atoms with Crippen molar-refractivity contribution < 1.29 is 14.3 Å². The van der Waals surface area contributed by atoms with Gasteiger partial charge in [-0.25, -0.2) is 4.79 Å². The van der Waals surface area contributed by atoms with E-state index in [4.69, 9.17) is 4.74 Å². The van der Waals surface area contributed by atoms with Crippen molar-refractivity contribution in [2.45, 2.75) is 33.2 Å². The smallest absolute Gasteiger partial charge is 0.339 e. The van der Waals surface area contributed by atoms with Gasteiger partial charge in [0.25, 0.3) is 0 Å². The first kappa shape index (κ1) is 16.2. The van der Waals surface area contributed by atoms with Crippen LogP contribution in [-0.4, -0.2) is 31.6 Å². The van der Waals surface area contributed by atoms with E-state index in [0.717, 1.165) is 12.1 Å². The Balaban J connectivity index is 2.81. The number of ether oxygens (including phenoxy) is 1. The minimum absolute atomic E-state index is 0.0898. The molecular weight excluding hydrogens is 256 g/mol. The van der Waals surface area contributed by atoms with Crippen molar-refractivity contribution in [3.05, 3.63) is 29.3 Å². The van der Waals surface area contributed by atoms with Crippen molar-refractivity contribution in [3.63, 3.8) is 0 Å². The molecule has 0 saturated carbocycles. The number of hydrogen-bond acceptors (Lipinski definition) is 4. The lowest BCUT2D eigenvalue weighted by Gasteiger charge is -2.14. The van der Waals surface area contributed by atoms with Gasteiger partial charge in [-0.15, -0.1) is 0 Å². The molecule has 1 aromatic carbocycles. The molecule has 0 heterocycles. The maximum atomic E-state index is 11.9.